The van der Waals surface area contributed by atoms with Gasteiger partial charge in [-0.3, -0.25) is 9.59 Å². The maximum atomic E-state index is 13.2. The third-order valence-electron chi connectivity index (χ3n) is 5.92. The topological polar surface area (TPSA) is 40.6 Å². The van der Waals surface area contributed by atoms with Crippen molar-refractivity contribution in [1.82, 2.24) is 9.80 Å². The van der Waals surface area contributed by atoms with Gasteiger partial charge in [-0.05, 0) is 23.6 Å². The molecule has 1 spiro atoms. The van der Waals surface area contributed by atoms with Gasteiger partial charge >= 0.3 is 0 Å². The second-order valence-corrected chi connectivity index (χ2v) is 7.40. The molecule has 2 aliphatic heterocycles. The van der Waals surface area contributed by atoms with E-state index in [1.165, 1.54) is 0 Å². The lowest BCUT2D eigenvalue weighted by molar-refractivity contribution is -0.129. The number of hydrogen-bond acceptors (Lipinski definition) is 2. The Hall–Kier alpha value is -3.14. The van der Waals surface area contributed by atoms with Gasteiger partial charge in [0.2, 0.25) is 5.91 Å². The van der Waals surface area contributed by atoms with Crippen LogP contribution in [0.25, 0.3) is 0 Å². The maximum Gasteiger partial charge on any atom is 0.255 e. The van der Waals surface area contributed by atoms with E-state index in [4.69, 9.17) is 0 Å². The first kappa shape index (κ1) is 18.2. The van der Waals surface area contributed by atoms with Gasteiger partial charge in [-0.15, -0.1) is 13.2 Å². The van der Waals surface area contributed by atoms with Gasteiger partial charge in [0.1, 0.15) is 0 Å². The van der Waals surface area contributed by atoms with E-state index < -0.39 is 5.54 Å². The number of carbonyl (C=O) groups excluding carboxylic acids is 2. The van der Waals surface area contributed by atoms with Crippen LogP contribution in [0.1, 0.15) is 34.3 Å². The molecule has 0 bridgehead atoms. The molecule has 0 radical (unpaired) electrons. The first-order chi connectivity index (χ1) is 13.6. The minimum absolute atomic E-state index is 0.0288. The van der Waals surface area contributed by atoms with Crippen LogP contribution in [0.2, 0.25) is 0 Å². The van der Waals surface area contributed by atoms with Crippen LogP contribution in [0.4, 0.5) is 0 Å². The molecule has 0 N–H and O–H groups in total. The van der Waals surface area contributed by atoms with Crippen molar-refractivity contribution >= 4 is 11.8 Å². The van der Waals surface area contributed by atoms with Crippen molar-refractivity contribution in [3.05, 3.63) is 96.6 Å². The molecule has 142 valence electrons. The summed E-state index contributed by atoms with van der Waals surface area (Å²) in [4.78, 5) is 30.2. The normalized spacial score (nSPS) is 23.4. The van der Waals surface area contributed by atoms with Crippen LogP contribution in [0.5, 0.6) is 0 Å². The van der Waals surface area contributed by atoms with E-state index in [-0.39, 0.29) is 24.3 Å². The second-order valence-electron chi connectivity index (χ2n) is 7.40. The molecular formula is C24H24N2O2. The molecule has 2 atom stereocenters. The zero-order valence-corrected chi connectivity index (χ0v) is 15.9. The molecular weight excluding hydrogens is 348 g/mol. The lowest BCUT2D eigenvalue weighted by Gasteiger charge is -2.41. The molecule has 0 aromatic heterocycles. The predicted molar refractivity (Wildman–Crippen MR) is 110 cm³/mol. The van der Waals surface area contributed by atoms with E-state index in [0.29, 0.717) is 25.1 Å². The zero-order valence-electron chi connectivity index (χ0n) is 15.9. The van der Waals surface area contributed by atoms with Crippen molar-refractivity contribution in [3.8, 4) is 0 Å². The van der Waals surface area contributed by atoms with E-state index in [0.717, 1.165) is 11.1 Å². The Labute approximate surface area is 165 Å². The fourth-order valence-electron chi connectivity index (χ4n) is 4.78. The van der Waals surface area contributed by atoms with E-state index in [9.17, 15) is 9.59 Å². The molecule has 0 unspecified atom stereocenters. The number of nitrogens with zero attached hydrogens (tertiary/aromatic N) is 2. The predicted octanol–water partition coefficient (Wildman–Crippen LogP) is 3.90. The number of fused-ring (bicyclic) bond motifs is 2. The van der Waals surface area contributed by atoms with Gasteiger partial charge in [-0.2, -0.15) is 0 Å². The highest BCUT2D eigenvalue weighted by Crippen LogP contribution is 2.51. The maximum absolute atomic E-state index is 13.2. The minimum atomic E-state index is -0.679. The smallest absolute Gasteiger partial charge is 0.255 e. The Kier molecular flexibility index (Phi) is 4.63. The van der Waals surface area contributed by atoms with Crippen molar-refractivity contribution < 1.29 is 9.59 Å². The Bertz CT molecular complexity index is 937. The van der Waals surface area contributed by atoms with E-state index in [2.05, 4.69) is 13.2 Å². The van der Waals surface area contributed by atoms with Crippen LogP contribution < -0.4 is 0 Å². The van der Waals surface area contributed by atoms with Crippen molar-refractivity contribution in [2.45, 2.75) is 31.0 Å². The fourth-order valence-corrected chi connectivity index (χ4v) is 4.78. The van der Waals surface area contributed by atoms with E-state index >= 15 is 0 Å². The summed E-state index contributed by atoms with van der Waals surface area (Å²) in [5, 5.41) is 0. The quantitative estimate of drug-likeness (QED) is 0.722. The van der Waals surface area contributed by atoms with Crippen LogP contribution in [0.3, 0.4) is 0 Å². The summed E-state index contributed by atoms with van der Waals surface area (Å²) in [6.07, 6.45) is 4.49. The lowest BCUT2D eigenvalue weighted by Crippen LogP contribution is -2.52. The standard InChI is InChI=1S/C24H24N2O2/c1-3-10-21-24(16-22(27)25(21)17-18-11-6-5-7-12-18)20-14-9-8-13-19(20)23(28)26(24)15-4-2/h3-9,11-14,21H,1-2,10,15-17H2/t21-,24-/m1/s1. The largest absolute Gasteiger partial charge is 0.332 e. The number of hydrogen-bond donors (Lipinski definition) is 0. The summed E-state index contributed by atoms with van der Waals surface area (Å²) in [5.41, 5.74) is 2.03. The molecule has 1 fully saturated rings. The summed E-state index contributed by atoms with van der Waals surface area (Å²) in [6, 6.07) is 17.5. The number of amides is 2. The monoisotopic (exact) mass is 372 g/mol. The summed E-state index contributed by atoms with van der Waals surface area (Å²) in [6.45, 7) is 8.71. The van der Waals surface area contributed by atoms with E-state index in [1.54, 1.807) is 6.08 Å². The van der Waals surface area contributed by atoms with Crippen molar-refractivity contribution in [2.24, 2.45) is 0 Å². The van der Waals surface area contributed by atoms with Gasteiger partial charge in [-0.1, -0.05) is 60.7 Å². The van der Waals surface area contributed by atoms with Crippen LogP contribution >= 0.6 is 0 Å². The average molecular weight is 372 g/mol. The number of likely N-dealkylation sites (tertiary alicyclic amines) is 1. The Morgan fingerprint density at radius 3 is 2.43 bits per heavy atom. The third-order valence-corrected chi connectivity index (χ3v) is 5.92. The Morgan fingerprint density at radius 2 is 1.71 bits per heavy atom. The van der Waals surface area contributed by atoms with Crippen molar-refractivity contribution in [2.75, 3.05) is 6.54 Å². The molecule has 1 saturated heterocycles. The highest BCUT2D eigenvalue weighted by Gasteiger charge is 2.60. The summed E-state index contributed by atoms with van der Waals surface area (Å²) < 4.78 is 0. The van der Waals surface area contributed by atoms with E-state index in [1.807, 2.05) is 70.5 Å². The molecule has 2 aliphatic rings. The van der Waals surface area contributed by atoms with Crippen molar-refractivity contribution in [1.29, 1.82) is 0 Å². The lowest BCUT2D eigenvalue weighted by atomic mass is 9.81. The second kappa shape index (κ2) is 7.12. The molecule has 2 aromatic carbocycles. The van der Waals surface area contributed by atoms with Gasteiger partial charge < -0.3 is 9.80 Å². The molecule has 4 heteroatoms. The molecule has 0 aliphatic carbocycles. The molecule has 4 rings (SSSR count). The van der Waals surface area contributed by atoms with Crippen LogP contribution in [-0.2, 0) is 16.9 Å². The fraction of sp³-hybridized carbons (Fsp3) is 0.250. The van der Waals surface area contributed by atoms with Crippen LogP contribution in [-0.4, -0.2) is 34.2 Å². The van der Waals surface area contributed by atoms with Crippen LogP contribution in [0.15, 0.2) is 79.9 Å². The molecule has 0 saturated carbocycles. The first-order valence-electron chi connectivity index (χ1n) is 9.60. The molecule has 4 nitrogen and oxygen atoms in total. The number of rotatable bonds is 6. The third kappa shape index (κ3) is 2.60. The Balaban J connectivity index is 1.84. The number of benzene rings is 2. The van der Waals surface area contributed by atoms with Gasteiger partial charge in [-0.25, -0.2) is 0 Å². The average Bonchev–Trinajstić information content (AvgIpc) is 3.11. The number of carbonyl (C=O) groups is 2. The SMILES string of the molecule is C=CC[C@H]1N(Cc2ccccc2)C(=O)C[C@@]12c1ccccc1C(=O)N2CC=C. The van der Waals surface area contributed by atoms with Crippen molar-refractivity contribution in [3.63, 3.8) is 0 Å². The Morgan fingerprint density at radius 1 is 1.00 bits per heavy atom. The molecule has 28 heavy (non-hydrogen) atoms. The van der Waals surface area contributed by atoms with Crippen LogP contribution in [0, 0.1) is 0 Å². The zero-order chi connectivity index (χ0) is 19.7. The first-order valence-corrected chi connectivity index (χ1v) is 9.60. The highest BCUT2D eigenvalue weighted by atomic mass is 16.2. The molecule has 2 aromatic rings. The van der Waals surface area contributed by atoms with Gasteiger partial charge in [0.05, 0.1) is 18.0 Å². The molecule has 2 amide bonds. The molecule has 2 heterocycles. The minimum Gasteiger partial charge on any atom is -0.332 e. The summed E-state index contributed by atoms with van der Waals surface area (Å²) in [7, 11) is 0. The summed E-state index contributed by atoms with van der Waals surface area (Å²) in [5.74, 6) is 0.0354. The van der Waals surface area contributed by atoms with Gasteiger partial charge in [0, 0.05) is 18.7 Å². The summed E-state index contributed by atoms with van der Waals surface area (Å²) >= 11 is 0. The van der Waals surface area contributed by atoms with Gasteiger partial charge in [0.25, 0.3) is 5.91 Å². The van der Waals surface area contributed by atoms with Gasteiger partial charge in [0.15, 0.2) is 0 Å². The highest BCUT2D eigenvalue weighted by molar-refractivity contribution is 6.02.